The van der Waals surface area contributed by atoms with E-state index in [0.29, 0.717) is 17.5 Å². The molecule has 4 heteroatoms. The van der Waals surface area contributed by atoms with Crippen molar-refractivity contribution in [1.29, 1.82) is 0 Å². The first kappa shape index (κ1) is 13.1. The summed E-state index contributed by atoms with van der Waals surface area (Å²) in [7, 11) is 0. The van der Waals surface area contributed by atoms with Crippen molar-refractivity contribution in [2.45, 2.75) is 38.1 Å². The SMILES string of the molecule is Nc1ccc(F)cc1C(=O)NC1C2CC3CC(C2)CC1C3. The number of hydrogen-bond donors (Lipinski definition) is 2. The van der Waals surface area contributed by atoms with Crippen molar-refractivity contribution >= 4 is 11.6 Å². The molecule has 0 aliphatic heterocycles. The zero-order valence-corrected chi connectivity index (χ0v) is 12.0. The monoisotopic (exact) mass is 288 g/mol. The largest absolute Gasteiger partial charge is 0.398 e. The average Bonchev–Trinajstić information content (AvgIpc) is 2.44. The summed E-state index contributed by atoms with van der Waals surface area (Å²) in [6.45, 7) is 0. The molecule has 4 bridgehead atoms. The van der Waals surface area contributed by atoms with Crippen molar-refractivity contribution in [2.24, 2.45) is 23.7 Å². The van der Waals surface area contributed by atoms with E-state index in [1.807, 2.05) is 0 Å². The molecule has 0 heterocycles. The Hall–Kier alpha value is -1.58. The maximum Gasteiger partial charge on any atom is 0.253 e. The lowest BCUT2D eigenvalue weighted by Crippen LogP contribution is -2.55. The Bertz CT molecular complexity index is 558. The van der Waals surface area contributed by atoms with E-state index in [1.165, 1.54) is 50.3 Å². The summed E-state index contributed by atoms with van der Waals surface area (Å²) in [5.74, 6) is 2.34. The van der Waals surface area contributed by atoms with Crippen LogP contribution in [0.1, 0.15) is 42.5 Å². The maximum absolute atomic E-state index is 13.3. The Balaban J connectivity index is 1.53. The Morgan fingerprint density at radius 1 is 1.10 bits per heavy atom. The Kier molecular flexibility index (Phi) is 2.95. The molecule has 1 amide bonds. The molecule has 0 radical (unpaired) electrons. The molecule has 5 rings (SSSR count). The molecule has 0 atom stereocenters. The standard InChI is InChI=1S/C17H21FN2O/c18-13-1-2-15(19)14(8-13)17(21)20-16-11-4-9-3-10(6-11)7-12(16)5-9/h1-2,8-12,16H,3-7,19H2,(H,20,21). The van der Waals surface area contributed by atoms with E-state index in [9.17, 15) is 9.18 Å². The molecule has 1 aromatic carbocycles. The van der Waals surface area contributed by atoms with Gasteiger partial charge in [0.25, 0.3) is 5.91 Å². The molecule has 21 heavy (non-hydrogen) atoms. The van der Waals surface area contributed by atoms with Gasteiger partial charge in [-0.15, -0.1) is 0 Å². The smallest absolute Gasteiger partial charge is 0.253 e. The highest BCUT2D eigenvalue weighted by Crippen LogP contribution is 2.53. The van der Waals surface area contributed by atoms with Crippen molar-refractivity contribution in [3.05, 3.63) is 29.6 Å². The lowest BCUT2D eigenvalue weighted by atomic mass is 9.54. The molecular formula is C17H21FN2O. The number of nitrogens with two attached hydrogens (primary N) is 1. The van der Waals surface area contributed by atoms with Crippen LogP contribution in [-0.2, 0) is 0 Å². The fourth-order valence-corrected chi connectivity index (χ4v) is 5.12. The number of nitrogens with one attached hydrogen (secondary N) is 1. The third-order valence-corrected chi connectivity index (χ3v) is 5.78. The Morgan fingerprint density at radius 2 is 1.71 bits per heavy atom. The second-order valence-corrected chi connectivity index (χ2v) is 7.16. The molecule has 4 aliphatic rings. The molecule has 0 spiro atoms. The topological polar surface area (TPSA) is 55.1 Å². The van der Waals surface area contributed by atoms with Gasteiger partial charge in [-0.2, -0.15) is 0 Å². The van der Waals surface area contributed by atoms with Crippen LogP contribution in [0.5, 0.6) is 0 Å². The van der Waals surface area contributed by atoms with Gasteiger partial charge in [-0.25, -0.2) is 4.39 Å². The number of halogens is 1. The second-order valence-electron chi connectivity index (χ2n) is 7.16. The number of benzene rings is 1. The van der Waals surface area contributed by atoms with Gasteiger partial charge >= 0.3 is 0 Å². The van der Waals surface area contributed by atoms with Crippen LogP contribution in [0, 0.1) is 29.5 Å². The highest BCUT2D eigenvalue weighted by Gasteiger charge is 2.48. The van der Waals surface area contributed by atoms with Crippen LogP contribution in [0.2, 0.25) is 0 Å². The fourth-order valence-electron chi connectivity index (χ4n) is 5.12. The van der Waals surface area contributed by atoms with Gasteiger partial charge in [0.2, 0.25) is 0 Å². The van der Waals surface area contributed by atoms with Crippen LogP contribution in [0.15, 0.2) is 18.2 Å². The lowest BCUT2D eigenvalue weighted by Gasteiger charge is -2.54. The molecule has 0 saturated heterocycles. The summed E-state index contributed by atoms with van der Waals surface area (Å²) in [5.41, 5.74) is 6.43. The first-order valence-electron chi connectivity index (χ1n) is 7.96. The van der Waals surface area contributed by atoms with Crippen molar-refractivity contribution in [3.8, 4) is 0 Å². The number of anilines is 1. The predicted octanol–water partition coefficient (Wildman–Crippen LogP) is 2.96. The summed E-state index contributed by atoms with van der Waals surface area (Å²) in [6.07, 6.45) is 6.38. The van der Waals surface area contributed by atoms with Gasteiger partial charge in [0.05, 0.1) is 5.56 Å². The van der Waals surface area contributed by atoms with Crippen LogP contribution in [0.3, 0.4) is 0 Å². The highest BCUT2D eigenvalue weighted by atomic mass is 19.1. The summed E-state index contributed by atoms with van der Waals surface area (Å²) >= 11 is 0. The van der Waals surface area contributed by atoms with Gasteiger partial charge in [-0.1, -0.05) is 0 Å². The van der Waals surface area contributed by atoms with Gasteiger partial charge in [-0.3, -0.25) is 4.79 Å². The number of amides is 1. The summed E-state index contributed by atoms with van der Waals surface area (Å²) in [4.78, 5) is 12.5. The van der Waals surface area contributed by atoms with Crippen LogP contribution < -0.4 is 11.1 Å². The van der Waals surface area contributed by atoms with Crippen molar-refractivity contribution < 1.29 is 9.18 Å². The van der Waals surface area contributed by atoms with E-state index < -0.39 is 5.82 Å². The molecular weight excluding hydrogens is 267 g/mol. The number of carbonyl (C=O) groups is 1. The summed E-state index contributed by atoms with van der Waals surface area (Å²) in [5, 5.41) is 3.16. The van der Waals surface area contributed by atoms with Gasteiger partial charge < -0.3 is 11.1 Å². The van der Waals surface area contributed by atoms with E-state index in [4.69, 9.17) is 5.73 Å². The zero-order chi connectivity index (χ0) is 14.6. The number of hydrogen-bond acceptors (Lipinski definition) is 2. The van der Waals surface area contributed by atoms with Gasteiger partial charge in [0.15, 0.2) is 0 Å². The normalized spacial score (nSPS) is 36.7. The quantitative estimate of drug-likeness (QED) is 0.822. The lowest BCUT2D eigenvalue weighted by molar-refractivity contribution is -0.0119. The second kappa shape index (κ2) is 4.72. The van der Waals surface area contributed by atoms with E-state index in [2.05, 4.69) is 5.32 Å². The Morgan fingerprint density at radius 3 is 2.33 bits per heavy atom. The van der Waals surface area contributed by atoms with Crippen LogP contribution >= 0.6 is 0 Å². The first-order valence-corrected chi connectivity index (χ1v) is 7.96. The minimum Gasteiger partial charge on any atom is -0.398 e. The van der Waals surface area contributed by atoms with Gasteiger partial charge in [0.1, 0.15) is 5.82 Å². The molecule has 3 nitrogen and oxygen atoms in total. The predicted molar refractivity (Wildman–Crippen MR) is 79.1 cm³/mol. The van der Waals surface area contributed by atoms with Crippen molar-refractivity contribution in [3.63, 3.8) is 0 Å². The van der Waals surface area contributed by atoms with Crippen molar-refractivity contribution in [1.82, 2.24) is 5.32 Å². The minimum atomic E-state index is -0.417. The number of carbonyl (C=O) groups excluding carboxylic acids is 1. The molecule has 1 aromatic rings. The zero-order valence-electron chi connectivity index (χ0n) is 12.0. The maximum atomic E-state index is 13.3. The first-order chi connectivity index (χ1) is 10.1. The van der Waals surface area contributed by atoms with E-state index in [0.717, 1.165) is 11.8 Å². The third kappa shape index (κ3) is 2.21. The van der Waals surface area contributed by atoms with E-state index in [1.54, 1.807) is 0 Å². The Labute approximate surface area is 124 Å². The average molecular weight is 288 g/mol. The molecule has 4 fully saturated rings. The fraction of sp³-hybridized carbons (Fsp3) is 0.588. The van der Waals surface area contributed by atoms with Crippen molar-refractivity contribution in [2.75, 3.05) is 5.73 Å². The summed E-state index contributed by atoms with van der Waals surface area (Å²) < 4.78 is 13.3. The van der Waals surface area contributed by atoms with Crippen LogP contribution in [-0.4, -0.2) is 11.9 Å². The molecule has 4 aliphatic carbocycles. The third-order valence-electron chi connectivity index (χ3n) is 5.78. The van der Waals surface area contributed by atoms with Crippen LogP contribution in [0.25, 0.3) is 0 Å². The highest BCUT2D eigenvalue weighted by molar-refractivity contribution is 5.99. The van der Waals surface area contributed by atoms with E-state index in [-0.39, 0.29) is 17.5 Å². The summed E-state index contributed by atoms with van der Waals surface area (Å²) in [6, 6.07) is 4.24. The molecule has 112 valence electrons. The molecule has 0 aromatic heterocycles. The molecule has 0 unspecified atom stereocenters. The van der Waals surface area contributed by atoms with Gasteiger partial charge in [-0.05, 0) is 74.0 Å². The van der Waals surface area contributed by atoms with Crippen LogP contribution in [0.4, 0.5) is 10.1 Å². The molecule has 4 saturated carbocycles. The number of nitrogen functional groups attached to an aromatic ring is 1. The van der Waals surface area contributed by atoms with Gasteiger partial charge in [0, 0.05) is 11.7 Å². The van der Waals surface area contributed by atoms with E-state index >= 15 is 0 Å². The minimum absolute atomic E-state index is 0.218. The number of rotatable bonds is 2. The molecule has 3 N–H and O–H groups in total.